The van der Waals surface area contributed by atoms with E-state index in [-0.39, 0.29) is 5.75 Å². The molecule has 1 aromatic rings. The maximum Gasteiger partial charge on any atom is 0.235 e. The molecule has 72 valence electrons. The summed E-state index contributed by atoms with van der Waals surface area (Å²) in [7, 11) is 0. The van der Waals surface area contributed by atoms with E-state index in [0.29, 0.717) is 10.6 Å². The van der Waals surface area contributed by atoms with E-state index in [1.807, 2.05) is 0 Å². The van der Waals surface area contributed by atoms with Gasteiger partial charge in [0.05, 0.1) is 5.54 Å². The molecule has 1 N–H and O–H groups in total. The van der Waals surface area contributed by atoms with Gasteiger partial charge in [-0.15, -0.1) is 0 Å². The fraction of sp³-hybridized carbons (Fsp3) is 0.300. The van der Waals surface area contributed by atoms with Crippen LogP contribution in [0.15, 0.2) is 23.2 Å². The smallest absolute Gasteiger partial charge is 0.235 e. The Morgan fingerprint density at radius 3 is 2.79 bits per heavy atom. The summed E-state index contributed by atoms with van der Waals surface area (Å²) in [5.74, 6) is 0.136. The quantitative estimate of drug-likeness (QED) is 0.601. The number of isocyanates is 1. The van der Waals surface area contributed by atoms with E-state index in [9.17, 15) is 9.90 Å². The fourth-order valence-electron chi connectivity index (χ4n) is 1.52. The second-order valence-electron chi connectivity index (χ2n) is 3.40. The Balaban J connectivity index is 2.50. The molecule has 0 heterocycles. The molecule has 0 atom stereocenters. The minimum Gasteiger partial charge on any atom is -0.508 e. The normalized spacial score (nSPS) is 17.2. The van der Waals surface area contributed by atoms with Gasteiger partial charge in [-0.2, -0.15) is 4.99 Å². The third kappa shape index (κ3) is 1.41. The van der Waals surface area contributed by atoms with E-state index < -0.39 is 5.54 Å². The van der Waals surface area contributed by atoms with E-state index in [1.165, 1.54) is 6.07 Å². The van der Waals surface area contributed by atoms with Crippen LogP contribution in [0.2, 0.25) is 5.02 Å². The summed E-state index contributed by atoms with van der Waals surface area (Å²) in [6.07, 6.45) is 3.12. The van der Waals surface area contributed by atoms with Gasteiger partial charge in [0, 0.05) is 10.6 Å². The second kappa shape index (κ2) is 3.12. The van der Waals surface area contributed by atoms with Crippen molar-refractivity contribution in [1.29, 1.82) is 0 Å². The highest BCUT2D eigenvalue weighted by Gasteiger charge is 2.46. The van der Waals surface area contributed by atoms with Gasteiger partial charge in [0.1, 0.15) is 5.75 Å². The molecule has 2 rings (SSSR count). The van der Waals surface area contributed by atoms with Crippen molar-refractivity contribution in [1.82, 2.24) is 0 Å². The molecule has 0 radical (unpaired) electrons. The Morgan fingerprint density at radius 1 is 1.50 bits per heavy atom. The number of phenolic OH excluding ortho intramolecular Hbond substituents is 1. The standard InChI is InChI=1S/C10H8ClNO2/c11-9-2-1-7(14)5-8(9)10(3-4-10)12-6-13/h1-2,5,14H,3-4H2. The van der Waals surface area contributed by atoms with Crippen LogP contribution in [0.3, 0.4) is 0 Å². The second-order valence-corrected chi connectivity index (χ2v) is 3.81. The Bertz CT molecular complexity index is 420. The molecule has 4 heteroatoms. The lowest BCUT2D eigenvalue weighted by Crippen LogP contribution is -2.02. The van der Waals surface area contributed by atoms with Gasteiger partial charge in [-0.25, -0.2) is 4.79 Å². The molecule has 1 fully saturated rings. The number of hydrogen-bond acceptors (Lipinski definition) is 3. The highest BCUT2D eigenvalue weighted by molar-refractivity contribution is 6.31. The van der Waals surface area contributed by atoms with Crippen LogP contribution in [-0.4, -0.2) is 11.2 Å². The largest absolute Gasteiger partial charge is 0.508 e. The predicted molar refractivity (Wildman–Crippen MR) is 52.2 cm³/mol. The Hall–Kier alpha value is -1.31. The maximum atomic E-state index is 10.2. The molecule has 0 saturated heterocycles. The zero-order valence-corrected chi connectivity index (χ0v) is 8.08. The molecule has 1 aromatic carbocycles. The molecule has 0 unspecified atom stereocenters. The number of benzene rings is 1. The van der Waals surface area contributed by atoms with Gasteiger partial charge in [-0.1, -0.05) is 11.6 Å². The number of aliphatic imine (C=N–C) groups is 1. The molecule has 14 heavy (non-hydrogen) atoms. The summed E-state index contributed by atoms with van der Waals surface area (Å²) in [4.78, 5) is 14.0. The summed E-state index contributed by atoms with van der Waals surface area (Å²) in [5.41, 5.74) is 0.194. The van der Waals surface area contributed by atoms with Crippen molar-refractivity contribution >= 4 is 17.7 Å². The monoisotopic (exact) mass is 209 g/mol. The van der Waals surface area contributed by atoms with Crippen LogP contribution in [0, 0.1) is 0 Å². The van der Waals surface area contributed by atoms with Gasteiger partial charge in [0.15, 0.2) is 0 Å². The van der Waals surface area contributed by atoms with Crippen LogP contribution >= 0.6 is 11.6 Å². The SMILES string of the molecule is O=C=NC1(c2cc(O)ccc2Cl)CC1. The Kier molecular flexibility index (Phi) is 2.06. The molecule has 1 saturated carbocycles. The van der Waals surface area contributed by atoms with Crippen LogP contribution in [0.1, 0.15) is 18.4 Å². The topological polar surface area (TPSA) is 49.7 Å². The first kappa shape index (κ1) is 9.25. The lowest BCUT2D eigenvalue weighted by molar-refractivity contribution is 0.473. The number of rotatable bonds is 2. The van der Waals surface area contributed by atoms with Gasteiger partial charge in [-0.3, -0.25) is 0 Å². The fourth-order valence-corrected chi connectivity index (χ4v) is 1.81. The zero-order valence-electron chi connectivity index (χ0n) is 7.33. The summed E-state index contributed by atoms with van der Waals surface area (Å²) in [6, 6.07) is 4.66. The lowest BCUT2D eigenvalue weighted by atomic mass is 10.1. The number of nitrogens with zero attached hydrogens (tertiary/aromatic N) is 1. The van der Waals surface area contributed by atoms with Gasteiger partial charge in [0.2, 0.25) is 6.08 Å². The van der Waals surface area contributed by atoms with E-state index in [4.69, 9.17) is 11.6 Å². The summed E-state index contributed by atoms with van der Waals surface area (Å²) in [6.45, 7) is 0. The highest BCUT2D eigenvalue weighted by Crippen LogP contribution is 2.51. The highest BCUT2D eigenvalue weighted by atomic mass is 35.5. The van der Waals surface area contributed by atoms with E-state index in [1.54, 1.807) is 18.2 Å². The molecule has 0 aliphatic heterocycles. The van der Waals surface area contributed by atoms with Crippen molar-refractivity contribution in [2.45, 2.75) is 18.4 Å². The Labute approximate surface area is 86.0 Å². The van der Waals surface area contributed by atoms with Crippen molar-refractivity contribution in [2.24, 2.45) is 4.99 Å². The third-order valence-corrected chi connectivity index (χ3v) is 2.76. The van der Waals surface area contributed by atoms with Crippen molar-refractivity contribution in [3.05, 3.63) is 28.8 Å². The molecule has 0 spiro atoms. The number of phenols is 1. The number of aromatic hydroxyl groups is 1. The third-order valence-electron chi connectivity index (χ3n) is 2.43. The molecule has 3 nitrogen and oxygen atoms in total. The maximum absolute atomic E-state index is 10.2. The molecule has 1 aliphatic rings. The van der Waals surface area contributed by atoms with E-state index in [2.05, 4.69) is 4.99 Å². The van der Waals surface area contributed by atoms with Crippen molar-refractivity contribution in [3.8, 4) is 5.75 Å². The number of halogens is 1. The van der Waals surface area contributed by atoms with Crippen molar-refractivity contribution < 1.29 is 9.90 Å². The lowest BCUT2D eigenvalue weighted by Gasteiger charge is -2.10. The number of hydrogen-bond donors (Lipinski definition) is 1. The van der Waals surface area contributed by atoms with E-state index in [0.717, 1.165) is 12.8 Å². The Morgan fingerprint density at radius 2 is 2.21 bits per heavy atom. The van der Waals surface area contributed by atoms with Crippen molar-refractivity contribution in [3.63, 3.8) is 0 Å². The van der Waals surface area contributed by atoms with Gasteiger partial charge in [-0.05, 0) is 31.0 Å². The molecule has 0 amide bonds. The summed E-state index contributed by atoms with van der Waals surface area (Å²) >= 11 is 5.96. The molecule has 0 bridgehead atoms. The molecular weight excluding hydrogens is 202 g/mol. The minimum absolute atomic E-state index is 0.136. The predicted octanol–water partition coefficient (Wildman–Crippen LogP) is 2.37. The van der Waals surface area contributed by atoms with Crippen LogP contribution in [0.4, 0.5) is 0 Å². The van der Waals surface area contributed by atoms with E-state index >= 15 is 0 Å². The van der Waals surface area contributed by atoms with Crippen LogP contribution in [-0.2, 0) is 10.3 Å². The van der Waals surface area contributed by atoms with Gasteiger partial charge in [0.25, 0.3) is 0 Å². The number of carbonyl (C=O) groups excluding carboxylic acids is 1. The van der Waals surface area contributed by atoms with Gasteiger partial charge < -0.3 is 5.11 Å². The average molecular weight is 210 g/mol. The summed E-state index contributed by atoms with van der Waals surface area (Å²) < 4.78 is 0. The summed E-state index contributed by atoms with van der Waals surface area (Å²) in [5, 5.41) is 9.83. The zero-order chi connectivity index (χ0) is 10.2. The van der Waals surface area contributed by atoms with Crippen LogP contribution < -0.4 is 0 Å². The van der Waals surface area contributed by atoms with Gasteiger partial charge >= 0.3 is 0 Å². The molecule has 0 aromatic heterocycles. The minimum atomic E-state index is -0.516. The van der Waals surface area contributed by atoms with Crippen LogP contribution in [0.5, 0.6) is 5.75 Å². The first-order valence-corrected chi connectivity index (χ1v) is 4.64. The van der Waals surface area contributed by atoms with Crippen LogP contribution in [0.25, 0.3) is 0 Å². The first-order chi connectivity index (χ1) is 6.68. The average Bonchev–Trinajstić information content (AvgIpc) is 2.91. The molecular formula is C10H8ClNO2. The molecule has 1 aliphatic carbocycles. The van der Waals surface area contributed by atoms with Crippen molar-refractivity contribution in [2.75, 3.05) is 0 Å². The first-order valence-electron chi connectivity index (χ1n) is 4.26.